The molecule has 4 nitrogen and oxygen atoms in total. The van der Waals surface area contributed by atoms with Crippen LogP contribution in [0.4, 0.5) is 0 Å². The molecule has 1 aromatic heterocycles. The zero-order valence-electron chi connectivity index (χ0n) is 7.74. The SMILES string of the molecule is CCOc1cc(C)nc(CC#N)n1. The molecule has 1 aromatic rings. The van der Waals surface area contributed by atoms with E-state index in [4.69, 9.17) is 10.00 Å². The Hall–Kier alpha value is -1.63. The van der Waals surface area contributed by atoms with Crippen LogP contribution in [-0.4, -0.2) is 16.6 Å². The molecule has 0 bridgehead atoms. The van der Waals surface area contributed by atoms with Crippen molar-refractivity contribution in [3.05, 3.63) is 17.6 Å². The molecule has 0 unspecified atom stereocenters. The number of ether oxygens (including phenoxy) is 1. The third kappa shape index (κ3) is 2.71. The Balaban J connectivity index is 2.91. The standard InChI is InChI=1S/C9H11N3O/c1-3-13-9-6-7(2)11-8(12-9)4-5-10/h6H,3-4H2,1-2H3. The summed E-state index contributed by atoms with van der Waals surface area (Å²) < 4.78 is 5.21. The lowest BCUT2D eigenvalue weighted by Crippen LogP contribution is -2.01. The Morgan fingerprint density at radius 1 is 1.54 bits per heavy atom. The van der Waals surface area contributed by atoms with E-state index in [1.165, 1.54) is 0 Å². The van der Waals surface area contributed by atoms with Crippen molar-refractivity contribution < 1.29 is 4.74 Å². The largest absolute Gasteiger partial charge is 0.478 e. The van der Waals surface area contributed by atoms with Crippen LogP contribution in [0.1, 0.15) is 18.4 Å². The highest BCUT2D eigenvalue weighted by Gasteiger charge is 2.01. The third-order valence-corrected chi connectivity index (χ3v) is 1.41. The lowest BCUT2D eigenvalue weighted by molar-refractivity contribution is 0.324. The molecule has 0 fully saturated rings. The molecule has 0 aliphatic carbocycles. The second kappa shape index (κ2) is 4.41. The summed E-state index contributed by atoms with van der Waals surface area (Å²) in [6, 6.07) is 3.75. The van der Waals surface area contributed by atoms with Crippen LogP contribution in [0, 0.1) is 18.3 Å². The van der Waals surface area contributed by atoms with Crippen molar-refractivity contribution in [2.24, 2.45) is 0 Å². The molecule has 1 heterocycles. The van der Waals surface area contributed by atoms with Crippen molar-refractivity contribution in [1.82, 2.24) is 9.97 Å². The lowest BCUT2D eigenvalue weighted by atomic mass is 10.4. The van der Waals surface area contributed by atoms with E-state index >= 15 is 0 Å². The second-order valence-corrected chi connectivity index (χ2v) is 2.53. The Morgan fingerprint density at radius 3 is 2.92 bits per heavy atom. The van der Waals surface area contributed by atoms with Crippen molar-refractivity contribution in [3.8, 4) is 11.9 Å². The Morgan fingerprint density at radius 2 is 2.31 bits per heavy atom. The van der Waals surface area contributed by atoms with Gasteiger partial charge in [0.2, 0.25) is 5.88 Å². The molecule has 0 aromatic carbocycles. The van der Waals surface area contributed by atoms with Crippen LogP contribution in [-0.2, 0) is 6.42 Å². The minimum absolute atomic E-state index is 0.224. The first kappa shape index (κ1) is 9.46. The van der Waals surface area contributed by atoms with Crippen molar-refractivity contribution in [3.63, 3.8) is 0 Å². The van der Waals surface area contributed by atoms with Crippen molar-refractivity contribution >= 4 is 0 Å². The van der Waals surface area contributed by atoms with E-state index in [2.05, 4.69) is 9.97 Å². The van der Waals surface area contributed by atoms with E-state index < -0.39 is 0 Å². The van der Waals surface area contributed by atoms with Crippen LogP contribution in [0.5, 0.6) is 5.88 Å². The summed E-state index contributed by atoms with van der Waals surface area (Å²) >= 11 is 0. The summed E-state index contributed by atoms with van der Waals surface area (Å²) in [7, 11) is 0. The van der Waals surface area contributed by atoms with Gasteiger partial charge in [-0.25, -0.2) is 4.98 Å². The normalized spacial score (nSPS) is 9.31. The number of aryl methyl sites for hydroxylation is 1. The topological polar surface area (TPSA) is 58.8 Å². The van der Waals surface area contributed by atoms with Crippen LogP contribution in [0.3, 0.4) is 0 Å². The van der Waals surface area contributed by atoms with Crippen LogP contribution in [0.25, 0.3) is 0 Å². The molecule has 0 aliphatic rings. The van der Waals surface area contributed by atoms with Gasteiger partial charge in [-0.3, -0.25) is 0 Å². The lowest BCUT2D eigenvalue weighted by Gasteiger charge is -2.03. The molecule has 0 aliphatic heterocycles. The van der Waals surface area contributed by atoms with Gasteiger partial charge in [0.25, 0.3) is 0 Å². The van der Waals surface area contributed by atoms with Crippen LogP contribution >= 0.6 is 0 Å². The molecule has 4 heteroatoms. The van der Waals surface area contributed by atoms with Crippen LogP contribution < -0.4 is 4.74 Å². The highest BCUT2D eigenvalue weighted by molar-refractivity contribution is 5.16. The van der Waals surface area contributed by atoms with E-state index in [-0.39, 0.29) is 6.42 Å². The molecule has 0 saturated heterocycles. The summed E-state index contributed by atoms with van der Waals surface area (Å²) in [5.41, 5.74) is 0.823. The highest BCUT2D eigenvalue weighted by atomic mass is 16.5. The fraction of sp³-hybridized carbons (Fsp3) is 0.444. The van der Waals surface area contributed by atoms with Crippen LogP contribution in [0.15, 0.2) is 6.07 Å². The van der Waals surface area contributed by atoms with E-state index in [1.54, 1.807) is 6.07 Å². The fourth-order valence-corrected chi connectivity index (χ4v) is 0.971. The first-order valence-electron chi connectivity index (χ1n) is 4.10. The van der Waals surface area contributed by atoms with Gasteiger partial charge < -0.3 is 4.74 Å². The van der Waals surface area contributed by atoms with Crippen molar-refractivity contribution in [1.29, 1.82) is 5.26 Å². The Kier molecular flexibility index (Phi) is 3.21. The van der Waals surface area contributed by atoms with Crippen molar-refractivity contribution in [2.75, 3.05) is 6.61 Å². The van der Waals surface area contributed by atoms with Gasteiger partial charge in [-0.05, 0) is 13.8 Å². The molecule has 0 atom stereocenters. The Bertz CT molecular complexity index is 330. The fourth-order valence-electron chi connectivity index (χ4n) is 0.971. The molecule has 0 N–H and O–H groups in total. The highest BCUT2D eigenvalue weighted by Crippen LogP contribution is 2.08. The number of nitrogens with zero attached hydrogens (tertiary/aromatic N) is 3. The molecule has 1 rings (SSSR count). The van der Waals surface area contributed by atoms with Gasteiger partial charge in [0, 0.05) is 11.8 Å². The Labute approximate surface area is 77.2 Å². The number of hydrogen-bond acceptors (Lipinski definition) is 4. The molecule has 0 amide bonds. The van der Waals surface area contributed by atoms with Gasteiger partial charge in [-0.1, -0.05) is 0 Å². The first-order chi connectivity index (χ1) is 6.26. The quantitative estimate of drug-likeness (QED) is 0.697. The van der Waals surface area contributed by atoms with Gasteiger partial charge in [0.05, 0.1) is 19.1 Å². The molecule has 0 radical (unpaired) electrons. The van der Waals surface area contributed by atoms with Gasteiger partial charge in [-0.2, -0.15) is 10.2 Å². The predicted molar refractivity (Wildman–Crippen MR) is 47.3 cm³/mol. The summed E-state index contributed by atoms with van der Waals surface area (Å²) in [5.74, 6) is 1.06. The monoisotopic (exact) mass is 177 g/mol. The number of hydrogen-bond donors (Lipinski definition) is 0. The maximum atomic E-state index is 8.46. The van der Waals surface area contributed by atoms with E-state index in [9.17, 15) is 0 Å². The molecular weight excluding hydrogens is 166 g/mol. The summed E-state index contributed by atoms with van der Waals surface area (Å²) in [4.78, 5) is 8.15. The second-order valence-electron chi connectivity index (χ2n) is 2.53. The number of rotatable bonds is 3. The van der Waals surface area contributed by atoms with E-state index in [0.717, 1.165) is 5.69 Å². The summed E-state index contributed by atoms with van der Waals surface area (Å²) in [5, 5.41) is 8.46. The number of aromatic nitrogens is 2. The first-order valence-corrected chi connectivity index (χ1v) is 4.10. The van der Waals surface area contributed by atoms with Gasteiger partial charge >= 0.3 is 0 Å². The zero-order chi connectivity index (χ0) is 9.68. The smallest absolute Gasteiger partial charge is 0.216 e. The maximum Gasteiger partial charge on any atom is 0.216 e. The minimum atomic E-state index is 0.224. The minimum Gasteiger partial charge on any atom is -0.478 e. The summed E-state index contributed by atoms with van der Waals surface area (Å²) in [6.45, 7) is 4.31. The molecule has 0 spiro atoms. The zero-order valence-corrected chi connectivity index (χ0v) is 7.74. The van der Waals surface area contributed by atoms with E-state index in [0.29, 0.717) is 18.3 Å². The van der Waals surface area contributed by atoms with Crippen molar-refractivity contribution in [2.45, 2.75) is 20.3 Å². The summed E-state index contributed by atoms with van der Waals surface area (Å²) in [6.07, 6.45) is 0.224. The van der Waals surface area contributed by atoms with Gasteiger partial charge in [-0.15, -0.1) is 0 Å². The molecule has 68 valence electrons. The number of nitriles is 1. The van der Waals surface area contributed by atoms with E-state index in [1.807, 2.05) is 19.9 Å². The predicted octanol–water partition coefficient (Wildman–Crippen LogP) is 1.25. The third-order valence-electron chi connectivity index (χ3n) is 1.41. The molecule has 13 heavy (non-hydrogen) atoms. The average Bonchev–Trinajstić information content (AvgIpc) is 2.04. The maximum absolute atomic E-state index is 8.46. The van der Waals surface area contributed by atoms with Crippen LogP contribution in [0.2, 0.25) is 0 Å². The van der Waals surface area contributed by atoms with Gasteiger partial charge in [0.1, 0.15) is 5.82 Å². The molecular formula is C9H11N3O. The molecule has 0 saturated carbocycles. The van der Waals surface area contributed by atoms with Gasteiger partial charge in [0.15, 0.2) is 0 Å². The average molecular weight is 177 g/mol.